The van der Waals surface area contributed by atoms with E-state index in [0.717, 1.165) is 0 Å². The molecule has 0 saturated heterocycles. The Morgan fingerprint density at radius 1 is 1.38 bits per heavy atom. The highest BCUT2D eigenvalue weighted by molar-refractivity contribution is 5.38. The van der Waals surface area contributed by atoms with Crippen LogP contribution in [0.4, 0.5) is 0 Å². The molecule has 0 N–H and O–H groups in total. The van der Waals surface area contributed by atoms with Crippen molar-refractivity contribution in [1.29, 1.82) is 0 Å². The van der Waals surface area contributed by atoms with Gasteiger partial charge in [-0.25, -0.2) is 0 Å². The molecule has 0 nitrogen and oxygen atoms in total. The van der Waals surface area contributed by atoms with E-state index in [0.29, 0.717) is 0 Å². The van der Waals surface area contributed by atoms with Crippen molar-refractivity contribution in [1.82, 2.24) is 0 Å². The molecule has 1 aliphatic carbocycles. The molecular formula is C8H13. The van der Waals surface area contributed by atoms with Gasteiger partial charge in [-0.1, -0.05) is 31.4 Å². The summed E-state index contributed by atoms with van der Waals surface area (Å²) in [5.74, 6) is 0. The molecule has 0 saturated carbocycles. The molecule has 1 radical (unpaired) electrons. The van der Waals surface area contributed by atoms with Gasteiger partial charge in [0.2, 0.25) is 0 Å². The first kappa shape index (κ1) is 5.87. The van der Waals surface area contributed by atoms with Crippen LogP contribution in [0.2, 0.25) is 0 Å². The second-order valence-corrected chi connectivity index (χ2v) is 2.37. The van der Waals surface area contributed by atoms with Crippen LogP contribution in [-0.4, -0.2) is 0 Å². The van der Waals surface area contributed by atoms with Crippen LogP contribution in [0.3, 0.4) is 0 Å². The first-order valence-corrected chi connectivity index (χ1v) is 3.47. The molecule has 0 fully saturated rings. The highest BCUT2D eigenvalue weighted by atomic mass is 14.1. The third-order valence-electron chi connectivity index (χ3n) is 1.47. The first-order valence-electron chi connectivity index (χ1n) is 3.47. The average Bonchev–Trinajstić information content (AvgIpc) is 2.51. The summed E-state index contributed by atoms with van der Waals surface area (Å²) in [4.78, 5) is 0. The Hall–Kier alpha value is -0.260. The molecule has 45 valence electrons. The Balaban J connectivity index is 1.81. The van der Waals surface area contributed by atoms with Crippen LogP contribution in [0.5, 0.6) is 0 Å². The zero-order valence-electron chi connectivity index (χ0n) is 5.48. The highest BCUT2D eigenvalue weighted by Crippen LogP contribution is 2.22. The van der Waals surface area contributed by atoms with Crippen molar-refractivity contribution in [2.75, 3.05) is 0 Å². The normalized spacial score (nSPS) is 15.9. The molecule has 0 heterocycles. The van der Waals surface area contributed by atoms with Gasteiger partial charge in [0.25, 0.3) is 0 Å². The summed E-state index contributed by atoms with van der Waals surface area (Å²) in [6, 6.07) is 0. The van der Waals surface area contributed by atoms with E-state index < -0.39 is 0 Å². The van der Waals surface area contributed by atoms with Crippen LogP contribution in [0.1, 0.15) is 32.6 Å². The molecule has 0 spiro atoms. The Morgan fingerprint density at radius 3 is 2.62 bits per heavy atom. The van der Waals surface area contributed by atoms with Gasteiger partial charge in [-0.15, -0.1) is 0 Å². The molecule has 1 rings (SSSR count). The van der Waals surface area contributed by atoms with Gasteiger partial charge < -0.3 is 0 Å². The Morgan fingerprint density at radius 2 is 2.12 bits per heavy atom. The first-order chi connectivity index (χ1) is 3.93. The zero-order valence-corrected chi connectivity index (χ0v) is 5.48. The lowest BCUT2D eigenvalue weighted by molar-refractivity contribution is 0.724. The number of allylic oxidation sites excluding steroid dienone is 2. The third-order valence-corrected chi connectivity index (χ3v) is 1.47. The van der Waals surface area contributed by atoms with Gasteiger partial charge in [0.05, 0.1) is 0 Å². The van der Waals surface area contributed by atoms with E-state index in [2.05, 4.69) is 19.4 Å². The topological polar surface area (TPSA) is 0 Å². The van der Waals surface area contributed by atoms with Gasteiger partial charge >= 0.3 is 0 Å². The Labute approximate surface area is 51.6 Å². The summed E-state index contributed by atoms with van der Waals surface area (Å²) in [5.41, 5.74) is 1.57. The monoisotopic (exact) mass is 109 g/mol. The standard InChI is InChI=1S/C8H13/c1-2-3-4-5-8-6-7-8/h6-7H,2-5H2,1H3. The molecule has 0 aliphatic heterocycles. The highest BCUT2D eigenvalue weighted by Gasteiger charge is 2.04. The molecule has 8 heavy (non-hydrogen) atoms. The van der Waals surface area contributed by atoms with Gasteiger partial charge in [-0.2, -0.15) is 0 Å². The number of unbranched alkanes of at least 4 members (excludes halogenated alkanes) is 2. The minimum absolute atomic E-state index is 1.33. The van der Waals surface area contributed by atoms with Crippen molar-refractivity contribution in [3.8, 4) is 0 Å². The summed E-state index contributed by atoms with van der Waals surface area (Å²) < 4.78 is 0. The van der Waals surface area contributed by atoms with Crippen molar-refractivity contribution in [3.63, 3.8) is 0 Å². The molecule has 0 amide bonds. The molecule has 0 aromatic heterocycles. The van der Waals surface area contributed by atoms with Crippen LogP contribution < -0.4 is 0 Å². The minimum atomic E-state index is 1.33. The van der Waals surface area contributed by atoms with E-state index in [-0.39, 0.29) is 0 Å². The van der Waals surface area contributed by atoms with Crippen molar-refractivity contribution in [2.45, 2.75) is 32.6 Å². The fourth-order valence-electron chi connectivity index (χ4n) is 0.805. The summed E-state index contributed by atoms with van der Waals surface area (Å²) >= 11 is 0. The summed E-state index contributed by atoms with van der Waals surface area (Å²) in [7, 11) is 0. The maximum Gasteiger partial charge on any atom is 0.00802 e. The lowest BCUT2D eigenvalue weighted by Crippen LogP contribution is -1.71. The Kier molecular flexibility index (Phi) is 2.13. The second-order valence-electron chi connectivity index (χ2n) is 2.37. The summed E-state index contributed by atoms with van der Waals surface area (Å²) in [6.45, 7) is 2.24. The van der Waals surface area contributed by atoms with Crippen LogP contribution >= 0.6 is 0 Å². The van der Waals surface area contributed by atoms with Gasteiger partial charge in [-0.3, -0.25) is 0 Å². The average molecular weight is 109 g/mol. The number of rotatable bonds is 4. The minimum Gasteiger partial charge on any atom is -0.0766 e. The van der Waals surface area contributed by atoms with E-state index in [1.807, 2.05) is 0 Å². The molecule has 0 unspecified atom stereocenters. The van der Waals surface area contributed by atoms with Crippen LogP contribution in [-0.2, 0) is 0 Å². The van der Waals surface area contributed by atoms with Crippen molar-refractivity contribution < 1.29 is 0 Å². The van der Waals surface area contributed by atoms with E-state index >= 15 is 0 Å². The summed E-state index contributed by atoms with van der Waals surface area (Å²) in [6.07, 6.45) is 9.86. The number of hydrogen-bond donors (Lipinski definition) is 0. The van der Waals surface area contributed by atoms with Crippen molar-refractivity contribution >= 4 is 0 Å². The lowest BCUT2D eigenvalue weighted by Gasteiger charge is -1.90. The van der Waals surface area contributed by atoms with E-state index in [1.54, 1.807) is 5.57 Å². The largest absolute Gasteiger partial charge is 0.0766 e. The molecule has 0 bridgehead atoms. The second kappa shape index (κ2) is 2.91. The van der Waals surface area contributed by atoms with Crippen molar-refractivity contribution in [3.05, 3.63) is 18.1 Å². The molecule has 0 aromatic rings. The molecular weight excluding hydrogens is 96.1 g/mol. The zero-order chi connectivity index (χ0) is 5.82. The van der Waals surface area contributed by atoms with Crippen molar-refractivity contribution in [2.24, 2.45) is 0 Å². The molecule has 1 aliphatic rings. The van der Waals surface area contributed by atoms with E-state index in [1.165, 1.54) is 25.7 Å². The van der Waals surface area contributed by atoms with Crippen LogP contribution in [0.15, 0.2) is 11.6 Å². The van der Waals surface area contributed by atoms with Gasteiger partial charge in [0.15, 0.2) is 0 Å². The van der Waals surface area contributed by atoms with Crippen LogP contribution in [0.25, 0.3) is 0 Å². The van der Waals surface area contributed by atoms with Gasteiger partial charge in [0.1, 0.15) is 0 Å². The maximum absolute atomic E-state index is 2.24. The van der Waals surface area contributed by atoms with E-state index in [9.17, 15) is 0 Å². The van der Waals surface area contributed by atoms with Gasteiger partial charge in [0, 0.05) is 6.42 Å². The predicted octanol–water partition coefficient (Wildman–Crippen LogP) is 2.71. The SMILES string of the molecule is CCCCCC1=C[CH]1. The fourth-order valence-corrected chi connectivity index (χ4v) is 0.805. The molecule has 0 heteroatoms. The van der Waals surface area contributed by atoms with E-state index in [4.69, 9.17) is 0 Å². The maximum atomic E-state index is 2.24. The fraction of sp³-hybridized carbons (Fsp3) is 0.625. The molecule has 0 aromatic carbocycles. The third kappa shape index (κ3) is 2.15. The lowest BCUT2D eigenvalue weighted by atomic mass is 10.2. The predicted molar refractivity (Wildman–Crippen MR) is 36.5 cm³/mol. The Bertz CT molecular complexity index is 90.2. The number of hydrogen-bond acceptors (Lipinski definition) is 0. The summed E-state index contributed by atoms with van der Waals surface area (Å²) in [5, 5.41) is 0. The van der Waals surface area contributed by atoms with Crippen LogP contribution in [0, 0.1) is 6.42 Å². The quantitative estimate of drug-likeness (QED) is 0.487. The molecule has 0 atom stereocenters. The van der Waals surface area contributed by atoms with Gasteiger partial charge in [-0.05, 0) is 12.8 Å². The smallest absolute Gasteiger partial charge is 0.00802 e.